The number of hydrogen-bond acceptors (Lipinski definition) is 4. The van der Waals surface area contributed by atoms with Crippen molar-refractivity contribution in [3.05, 3.63) is 60.3 Å². The zero-order chi connectivity index (χ0) is 13.1. The molecule has 5 heteroatoms. The van der Waals surface area contributed by atoms with Gasteiger partial charge in [-0.05, 0) is 18.2 Å². The molecule has 0 aliphatic rings. The molecule has 0 saturated heterocycles. The summed E-state index contributed by atoms with van der Waals surface area (Å²) < 4.78 is 13.5. The monoisotopic (exact) mass is 254 g/mol. The van der Waals surface area contributed by atoms with Crippen molar-refractivity contribution in [1.29, 1.82) is 0 Å². The lowest BCUT2D eigenvalue weighted by atomic mass is 10.2. The molecule has 4 nitrogen and oxygen atoms in total. The number of rotatable bonds is 3. The highest BCUT2D eigenvalue weighted by Gasteiger charge is 2.05. The van der Waals surface area contributed by atoms with Crippen LogP contribution in [0.4, 0.5) is 10.2 Å². The SMILES string of the molecule is Fc1ccccc1CNc1ncnc2ncccc12. The van der Waals surface area contributed by atoms with E-state index in [4.69, 9.17) is 0 Å². The van der Waals surface area contributed by atoms with Gasteiger partial charge >= 0.3 is 0 Å². The van der Waals surface area contributed by atoms with E-state index < -0.39 is 0 Å². The van der Waals surface area contributed by atoms with E-state index in [1.165, 1.54) is 12.4 Å². The lowest BCUT2D eigenvalue weighted by Gasteiger charge is -2.08. The van der Waals surface area contributed by atoms with Gasteiger partial charge in [0.25, 0.3) is 0 Å². The molecule has 3 rings (SSSR count). The minimum Gasteiger partial charge on any atom is -0.365 e. The third kappa shape index (κ3) is 2.35. The van der Waals surface area contributed by atoms with Crippen LogP contribution in [0.2, 0.25) is 0 Å². The minimum atomic E-state index is -0.230. The highest BCUT2D eigenvalue weighted by Crippen LogP contribution is 2.17. The zero-order valence-corrected chi connectivity index (χ0v) is 10.0. The fraction of sp³-hybridized carbons (Fsp3) is 0.0714. The van der Waals surface area contributed by atoms with Gasteiger partial charge in [0.05, 0.1) is 5.39 Å². The molecule has 1 aromatic carbocycles. The van der Waals surface area contributed by atoms with Crippen LogP contribution < -0.4 is 5.32 Å². The summed E-state index contributed by atoms with van der Waals surface area (Å²) in [7, 11) is 0. The summed E-state index contributed by atoms with van der Waals surface area (Å²) >= 11 is 0. The number of pyridine rings is 1. The number of fused-ring (bicyclic) bond motifs is 1. The van der Waals surface area contributed by atoms with Crippen molar-refractivity contribution in [1.82, 2.24) is 15.0 Å². The van der Waals surface area contributed by atoms with Gasteiger partial charge in [-0.2, -0.15) is 0 Å². The second kappa shape index (κ2) is 4.97. The average Bonchev–Trinajstić information content (AvgIpc) is 2.46. The van der Waals surface area contributed by atoms with Gasteiger partial charge in [0.2, 0.25) is 0 Å². The van der Waals surface area contributed by atoms with Crippen molar-refractivity contribution in [2.24, 2.45) is 0 Å². The van der Waals surface area contributed by atoms with E-state index in [0.29, 0.717) is 23.6 Å². The molecule has 0 aliphatic carbocycles. The Hall–Kier alpha value is -2.56. The Bertz CT molecular complexity index is 709. The molecular weight excluding hydrogens is 243 g/mol. The number of aromatic nitrogens is 3. The lowest BCUT2D eigenvalue weighted by Crippen LogP contribution is -2.04. The summed E-state index contributed by atoms with van der Waals surface area (Å²) in [6.45, 7) is 0.369. The largest absolute Gasteiger partial charge is 0.365 e. The summed E-state index contributed by atoms with van der Waals surface area (Å²) in [5.41, 5.74) is 1.21. The maximum Gasteiger partial charge on any atom is 0.164 e. The highest BCUT2D eigenvalue weighted by atomic mass is 19.1. The molecule has 0 fully saturated rings. The van der Waals surface area contributed by atoms with E-state index in [9.17, 15) is 4.39 Å². The van der Waals surface area contributed by atoms with Gasteiger partial charge in [0.15, 0.2) is 5.65 Å². The Kier molecular flexibility index (Phi) is 3.02. The van der Waals surface area contributed by atoms with Crippen LogP contribution in [0, 0.1) is 5.82 Å². The number of nitrogens with zero attached hydrogens (tertiary/aromatic N) is 3. The minimum absolute atomic E-state index is 0.230. The van der Waals surface area contributed by atoms with Crippen molar-refractivity contribution in [2.75, 3.05) is 5.32 Å². The molecule has 2 aromatic heterocycles. The Morgan fingerprint density at radius 3 is 2.79 bits per heavy atom. The van der Waals surface area contributed by atoms with E-state index in [1.54, 1.807) is 24.4 Å². The van der Waals surface area contributed by atoms with Gasteiger partial charge in [0.1, 0.15) is 18.0 Å². The summed E-state index contributed by atoms with van der Waals surface area (Å²) in [5.74, 6) is 0.424. The number of benzene rings is 1. The molecule has 0 aliphatic heterocycles. The van der Waals surface area contributed by atoms with Crippen molar-refractivity contribution < 1.29 is 4.39 Å². The van der Waals surface area contributed by atoms with E-state index in [2.05, 4.69) is 20.3 Å². The van der Waals surface area contributed by atoms with Gasteiger partial charge in [-0.25, -0.2) is 19.3 Å². The van der Waals surface area contributed by atoms with Gasteiger partial charge in [-0.3, -0.25) is 0 Å². The predicted molar refractivity (Wildman–Crippen MR) is 71.1 cm³/mol. The predicted octanol–water partition coefficient (Wildman–Crippen LogP) is 2.78. The number of hydrogen-bond donors (Lipinski definition) is 1. The van der Waals surface area contributed by atoms with Crippen LogP contribution in [0.5, 0.6) is 0 Å². The second-order valence-corrected chi connectivity index (χ2v) is 4.04. The second-order valence-electron chi connectivity index (χ2n) is 4.04. The van der Waals surface area contributed by atoms with Crippen LogP contribution in [-0.4, -0.2) is 15.0 Å². The quantitative estimate of drug-likeness (QED) is 0.780. The standard InChI is InChI=1S/C14H11FN4/c15-12-6-2-1-4-10(12)8-17-14-11-5-3-7-16-13(11)18-9-19-14/h1-7,9H,8H2,(H,16,17,18,19). The van der Waals surface area contributed by atoms with Crippen molar-refractivity contribution >= 4 is 16.9 Å². The molecule has 19 heavy (non-hydrogen) atoms. The third-order valence-corrected chi connectivity index (χ3v) is 2.81. The first-order chi connectivity index (χ1) is 9.34. The molecule has 0 radical (unpaired) electrons. The number of anilines is 1. The van der Waals surface area contributed by atoms with E-state index >= 15 is 0 Å². The van der Waals surface area contributed by atoms with Crippen LogP contribution in [0.15, 0.2) is 48.9 Å². The zero-order valence-electron chi connectivity index (χ0n) is 10.0. The molecule has 0 atom stereocenters. The van der Waals surface area contributed by atoms with Crippen LogP contribution >= 0.6 is 0 Å². The molecule has 94 valence electrons. The Morgan fingerprint density at radius 1 is 1.00 bits per heavy atom. The fourth-order valence-corrected chi connectivity index (χ4v) is 1.86. The maximum atomic E-state index is 13.5. The molecule has 0 amide bonds. The highest BCUT2D eigenvalue weighted by molar-refractivity contribution is 5.85. The van der Waals surface area contributed by atoms with Gasteiger partial charge in [-0.1, -0.05) is 18.2 Å². The molecular formula is C14H11FN4. The Morgan fingerprint density at radius 2 is 1.89 bits per heavy atom. The van der Waals surface area contributed by atoms with Crippen molar-refractivity contribution in [3.8, 4) is 0 Å². The molecule has 1 N–H and O–H groups in total. The molecule has 0 spiro atoms. The molecule has 0 unspecified atom stereocenters. The van der Waals surface area contributed by atoms with Crippen LogP contribution in [-0.2, 0) is 6.54 Å². The maximum absolute atomic E-state index is 13.5. The van der Waals surface area contributed by atoms with Crippen LogP contribution in [0.1, 0.15) is 5.56 Å². The van der Waals surface area contributed by atoms with Crippen molar-refractivity contribution in [3.63, 3.8) is 0 Å². The third-order valence-electron chi connectivity index (χ3n) is 2.81. The average molecular weight is 254 g/mol. The van der Waals surface area contributed by atoms with E-state index in [-0.39, 0.29) is 5.82 Å². The topological polar surface area (TPSA) is 50.7 Å². The van der Waals surface area contributed by atoms with Crippen molar-refractivity contribution in [2.45, 2.75) is 6.54 Å². The van der Waals surface area contributed by atoms with Crippen LogP contribution in [0.25, 0.3) is 11.0 Å². The summed E-state index contributed by atoms with van der Waals surface area (Å²) in [4.78, 5) is 12.4. The Labute approximate surface area is 109 Å². The lowest BCUT2D eigenvalue weighted by molar-refractivity contribution is 0.613. The summed E-state index contributed by atoms with van der Waals surface area (Å²) in [6.07, 6.45) is 3.12. The molecule has 0 saturated carbocycles. The van der Waals surface area contributed by atoms with E-state index in [1.807, 2.05) is 12.1 Å². The fourth-order valence-electron chi connectivity index (χ4n) is 1.86. The van der Waals surface area contributed by atoms with Gasteiger partial charge in [-0.15, -0.1) is 0 Å². The first-order valence-corrected chi connectivity index (χ1v) is 5.87. The summed E-state index contributed by atoms with van der Waals surface area (Å²) in [5, 5.41) is 3.93. The summed E-state index contributed by atoms with van der Waals surface area (Å²) in [6, 6.07) is 10.4. The normalized spacial score (nSPS) is 10.6. The van der Waals surface area contributed by atoms with E-state index in [0.717, 1.165) is 5.39 Å². The smallest absolute Gasteiger partial charge is 0.164 e. The number of nitrogens with one attached hydrogen (secondary N) is 1. The van der Waals surface area contributed by atoms with Crippen LogP contribution in [0.3, 0.4) is 0 Å². The molecule has 3 aromatic rings. The van der Waals surface area contributed by atoms with Gasteiger partial charge in [0, 0.05) is 18.3 Å². The molecule has 0 bridgehead atoms. The first-order valence-electron chi connectivity index (χ1n) is 5.87. The molecule has 2 heterocycles. The van der Waals surface area contributed by atoms with Gasteiger partial charge < -0.3 is 5.32 Å². The number of halogens is 1. The first kappa shape index (κ1) is 11.5. The Balaban J connectivity index is 1.88.